The quantitative estimate of drug-likeness (QED) is 0.374. The number of nitro groups is 1. The summed E-state index contributed by atoms with van der Waals surface area (Å²) in [6, 6.07) is 7.91. The van der Waals surface area contributed by atoms with Gasteiger partial charge in [-0.25, -0.2) is 9.78 Å². The van der Waals surface area contributed by atoms with Gasteiger partial charge in [-0.05, 0) is 25.5 Å². The molecule has 2 aliphatic rings. The summed E-state index contributed by atoms with van der Waals surface area (Å²) in [5.74, 6) is -0.821. The smallest absolute Gasteiger partial charge is 0.343 e. The van der Waals surface area contributed by atoms with Gasteiger partial charge in [0.05, 0.1) is 21.9 Å². The number of hydrogen-bond donors (Lipinski definition) is 1. The van der Waals surface area contributed by atoms with E-state index in [0.717, 1.165) is 0 Å². The fraction of sp³-hybridized carbons (Fsp3) is 0.318. The van der Waals surface area contributed by atoms with Crippen LogP contribution in [0.15, 0.2) is 35.1 Å². The lowest BCUT2D eigenvalue weighted by molar-refractivity contribution is -0.383. The van der Waals surface area contributed by atoms with Gasteiger partial charge >= 0.3 is 5.97 Å². The van der Waals surface area contributed by atoms with Crippen LogP contribution in [-0.2, 0) is 26.5 Å². The molecule has 164 valence electrons. The van der Waals surface area contributed by atoms with Crippen LogP contribution < -0.4 is 5.56 Å². The van der Waals surface area contributed by atoms with E-state index in [-0.39, 0.29) is 35.4 Å². The first-order chi connectivity index (χ1) is 15.3. The lowest BCUT2D eigenvalue weighted by Crippen LogP contribution is -2.44. The molecule has 0 saturated heterocycles. The van der Waals surface area contributed by atoms with E-state index in [4.69, 9.17) is 9.47 Å². The summed E-state index contributed by atoms with van der Waals surface area (Å²) in [5, 5.41) is 23.1. The second kappa shape index (κ2) is 6.94. The molecule has 10 heteroatoms. The highest BCUT2D eigenvalue weighted by molar-refractivity contribution is 5.91. The SMILES string of the molecule is CCOC1c2cc3cccc([N+](=O)[O-])c3nc2-c2cc3c(c(=O)n21)COC(=O)[C@]3(O)CC. The number of aliphatic hydroxyl groups is 1. The van der Waals surface area contributed by atoms with Gasteiger partial charge in [-0.2, -0.15) is 0 Å². The van der Waals surface area contributed by atoms with Crippen LogP contribution in [0.2, 0.25) is 0 Å². The molecule has 2 aliphatic heterocycles. The van der Waals surface area contributed by atoms with Gasteiger partial charge < -0.3 is 14.6 Å². The maximum Gasteiger partial charge on any atom is 0.343 e. The molecule has 2 atom stereocenters. The second-order valence-corrected chi connectivity index (χ2v) is 7.73. The largest absolute Gasteiger partial charge is 0.458 e. The maximum atomic E-state index is 13.5. The Morgan fingerprint density at radius 3 is 2.81 bits per heavy atom. The van der Waals surface area contributed by atoms with Crippen molar-refractivity contribution in [1.29, 1.82) is 0 Å². The fourth-order valence-electron chi connectivity index (χ4n) is 4.49. The van der Waals surface area contributed by atoms with Crippen molar-refractivity contribution < 1.29 is 24.3 Å². The fourth-order valence-corrected chi connectivity index (χ4v) is 4.49. The molecule has 1 N–H and O–H groups in total. The number of esters is 1. The van der Waals surface area contributed by atoms with E-state index in [0.29, 0.717) is 28.9 Å². The number of nitrogens with zero attached hydrogens (tertiary/aromatic N) is 3. The minimum absolute atomic E-state index is 0.0140. The Balaban J connectivity index is 1.87. The van der Waals surface area contributed by atoms with Crippen molar-refractivity contribution >= 4 is 22.6 Å². The molecular weight excluding hydrogens is 418 g/mol. The molecule has 10 nitrogen and oxygen atoms in total. The van der Waals surface area contributed by atoms with Gasteiger partial charge in [-0.1, -0.05) is 19.1 Å². The van der Waals surface area contributed by atoms with Gasteiger partial charge in [0, 0.05) is 29.2 Å². The van der Waals surface area contributed by atoms with E-state index in [1.165, 1.54) is 10.6 Å². The first kappa shape index (κ1) is 20.3. The minimum Gasteiger partial charge on any atom is -0.458 e. The Morgan fingerprint density at radius 2 is 2.12 bits per heavy atom. The number of hydrogen-bond acceptors (Lipinski definition) is 8. The van der Waals surface area contributed by atoms with Gasteiger partial charge in [-0.15, -0.1) is 0 Å². The Kier molecular flexibility index (Phi) is 4.40. The van der Waals surface area contributed by atoms with Gasteiger partial charge in [0.2, 0.25) is 0 Å². The van der Waals surface area contributed by atoms with Crippen LogP contribution in [-0.4, -0.2) is 32.2 Å². The van der Waals surface area contributed by atoms with Crippen LogP contribution >= 0.6 is 0 Å². The minimum atomic E-state index is -1.96. The van der Waals surface area contributed by atoms with E-state index in [1.807, 2.05) is 0 Å². The first-order valence-electron chi connectivity index (χ1n) is 10.2. The number of ether oxygens (including phenoxy) is 2. The Hall–Kier alpha value is -3.63. The summed E-state index contributed by atoms with van der Waals surface area (Å²) in [4.78, 5) is 41.4. The van der Waals surface area contributed by atoms with Crippen molar-refractivity contribution in [3.63, 3.8) is 0 Å². The highest BCUT2D eigenvalue weighted by Crippen LogP contribution is 2.43. The predicted molar refractivity (Wildman–Crippen MR) is 112 cm³/mol. The zero-order chi connectivity index (χ0) is 22.8. The standard InChI is InChI=1S/C22H19N3O7/c1-3-22(28)14-9-16-18-12(8-11-6-5-7-15(25(29)30)17(11)23-18)20(31-4-2)24(16)19(26)13(14)10-32-21(22)27/h5-9,20,28H,3-4,10H2,1-2H3/t20?,22-/m0/s1. The molecule has 0 aliphatic carbocycles. The molecule has 5 rings (SSSR count). The maximum absolute atomic E-state index is 13.5. The van der Waals surface area contributed by atoms with Crippen LogP contribution in [0.1, 0.15) is 43.2 Å². The summed E-state index contributed by atoms with van der Waals surface area (Å²) >= 11 is 0. The zero-order valence-electron chi connectivity index (χ0n) is 17.3. The number of rotatable bonds is 4. The zero-order valence-corrected chi connectivity index (χ0v) is 17.3. The van der Waals surface area contributed by atoms with E-state index in [2.05, 4.69) is 4.98 Å². The van der Waals surface area contributed by atoms with Gasteiger partial charge in [0.1, 0.15) is 12.1 Å². The molecule has 0 bridgehead atoms. The summed E-state index contributed by atoms with van der Waals surface area (Å²) in [6.07, 6.45) is -0.786. The number of para-hydroxylation sites is 1. The van der Waals surface area contributed by atoms with E-state index in [9.17, 15) is 24.8 Å². The van der Waals surface area contributed by atoms with Crippen molar-refractivity contribution in [2.24, 2.45) is 0 Å². The molecule has 0 amide bonds. The number of carbonyl (C=O) groups excluding carboxylic acids is 1. The van der Waals surface area contributed by atoms with Crippen LogP contribution in [0.25, 0.3) is 22.3 Å². The number of cyclic esters (lactones) is 1. The predicted octanol–water partition coefficient (Wildman–Crippen LogP) is 2.52. The molecule has 32 heavy (non-hydrogen) atoms. The normalized spacial score (nSPS) is 21.1. The molecule has 0 radical (unpaired) electrons. The molecule has 0 saturated carbocycles. The molecular formula is C22H19N3O7. The third-order valence-corrected chi connectivity index (χ3v) is 6.10. The summed E-state index contributed by atoms with van der Waals surface area (Å²) in [6.45, 7) is 3.45. The first-order valence-corrected chi connectivity index (χ1v) is 10.2. The van der Waals surface area contributed by atoms with Crippen LogP contribution in [0, 0.1) is 10.1 Å². The van der Waals surface area contributed by atoms with Crippen molar-refractivity contribution in [2.45, 2.75) is 38.7 Å². The number of nitro benzene ring substituents is 1. The van der Waals surface area contributed by atoms with Crippen molar-refractivity contribution in [1.82, 2.24) is 9.55 Å². The summed E-state index contributed by atoms with van der Waals surface area (Å²) in [5.41, 5.74) is -0.841. The Labute approximate surface area is 181 Å². The van der Waals surface area contributed by atoms with Crippen molar-refractivity contribution in [2.75, 3.05) is 6.61 Å². The van der Waals surface area contributed by atoms with Crippen LogP contribution in [0.3, 0.4) is 0 Å². The highest BCUT2D eigenvalue weighted by atomic mass is 16.6. The summed E-state index contributed by atoms with van der Waals surface area (Å²) in [7, 11) is 0. The van der Waals surface area contributed by atoms with Gasteiger partial charge in [0.25, 0.3) is 11.2 Å². The van der Waals surface area contributed by atoms with Gasteiger partial charge in [-0.3, -0.25) is 19.5 Å². The highest BCUT2D eigenvalue weighted by Gasteiger charge is 2.46. The number of carbonyl (C=O) groups is 1. The molecule has 3 aromatic rings. The van der Waals surface area contributed by atoms with E-state index < -0.39 is 28.3 Å². The molecule has 1 unspecified atom stereocenters. The van der Waals surface area contributed by atoms with E-state index in [1.54, 1.807) is 38.1 Å². The lowest BCUT2D eigenvalue weighted by atomic mass is 9.86. The van der Waals surface area contributed by atoms with Crippen molar-refractivity contribution in [3.05, 3.63) is 67.5 Å². The third kappa shape index (κ3) is 2.56. The molecule has 0 spiro atoms. The molecule has 4 heterocycles. The third-order valence-electron chi connectivity index (χ3n) is 6.10. The van der Waals surface area contributed by atoms with Gasteiger partial charge in [0.15, 0.2) is 11.8 Å². The van der Waals surface area contributed by atoms with Crippen LogP contribution in [0.5, 0.6) is 0 Å². The monoisotopic (exact) mass is 437 g/mol. The Bertz CT molecular complexity index is 1380. The number of fused-ring (bicyclic) bond motifs is 5. The average molecular weight is 437 g/mol. The molecule has 1 aromatic carbocycles. The van der Waals surface area contributed by atoms with Crippen LogP contribution in [0.4, 0.5) is 5.69 Å². The number of aromatic nitrogens is 2. The van der Waals surface area contributed by atoms with E-state index >= 15 is 0 Å². The molecule has 0 fully saturated rings. The number of non-ortho nitro benzene ring substituents is 1. The Morgan fingerprint density at radius 1 is 1.34 bits per heavy atom. The van der Waals surface area contributed by atoms with Crippen molar-refractivity contribution in [3.8, 4) is 11.4 Å². The number of pyridine rings is 2. The lowest BCUT2D eigenvalue weighted by Gasteiger charge is -2.32. The summed E-state index contributed by atoms with van der Waals surface area (Å²) < 4.78 is 12.4. The molecule has 2 aromatic heterocycles. The average Bonchev–Trinajstić information content (AvgIpc) is 3.08. The number of benzene rings is 1. The topological polar surface area (TPSA) is 134 Å². The second-order valence-electron chi connectivity index (χ2n) is 7.73.